The number of carbonyl (C=O) groups excluding carboxylic acids is 1. The number of aryl methyl sites for hydroxylation is 2. The van der Waals surface area contributed by atoms with Crippen LogP contribution >= 0.6 is 11.8 Å². The first-order valence-corrected chi connectivity index (χ1v) is 10.9. The zero-order valence-corrected chi connectivity index (χ0v) is 17.5. The Morgan fingerprint density at radius 2 is 1.86 bits per heavy atom. The van der Waals surface area contributed by atoms with Crippen molar-refractivity contribution < 1.29 is 9.18 Å². The summed E-state index contributed by atoms with van der Waals surface area (Å²) in [5.41, 5.74) is 4.26. The van der Waals surface area contributed by atoms with Crippen LogP contribution in [0.5, 0.6) is 0 Å². The second kappa shape index (κ2) is 9.37. The van der Waals surface area contributed by atoms with Crippen molar-refractivity contribution in [3.8, 4) is 0 Å². The minimum absolute atomic E-state index is 0.128. The van der Waals surface area contributed by atoms with Gasteiger partial charge in [0.15, 0.2) is 5.16 Å². The van der Waals surface area contributed by atoms with Gasteiger partial charge in [0.25, 0.3) is 0 Å². The number of hydrogen-bond donors (Lipinski definition) is 1. The molecule has 1 aliphatic heterocycles. The highest BCUT2D eigenvalue weighted by Crippen LogP contribution is 2.29. The second-order valence-electron chi connectivity index (χ2n) is 7.12. The molecule has 0 saturated carbocycles. The van der Waals surface area contributed by atoms with E-state index in [4.69, 9.17) is 0 Å². The number of carbonyl (C=O) groups is 1. The minimum Gasteiger partial charge on any atom is -0.370 e. The van der Waals surface area contributed by atoms with E-state index < -0.39 is 0 Å². The lowest BCUT2D eigenvalue weighted by molar-refractivity contribution is -0.116. The van der Waals surface area contributed by atoms with Gasteiger partial charge in [0.05, 0.1) is 11.4 Å². The Labute approximate surface area is 170 Å². The van der Waals surface area contributed by atoms with E-state index in [1.54, 1.807) is 6.07 Å². The van der Waals surface area contributed by atoms with Crippen LogP contribution in [0.15, 0.2) is 23.4 Å². The van der Waals surface area contributed by atoms with E-state index in [0.717, 1.165) is 53.7 Å². The Morgan fingerprint density at radius 1 is 1.18 bits per heavy atom. The highest BCUT2D eigenvalue weighted by Gasteiger charge is 2.17. The van der Waals surface area contributed by atoms with Crippen molar-refractivity contribution in [2.45, 2.75) is 51.1 Å². The number of halogens is 1. The maximum atomic E-state index is 13.8. The lowest BCUT2D eigenvalue weighted by Gasteiger charge is -2.30. The summed E-state index contributed by atoms with van der Waals surface area (Å²) in [6, 6.07) is 4.63. The number of benzene rings is 1. The summed E-state index contributed by atoms with van der Waals surface area (Å²) in [4.78, 5) is 23.7. The van der Waals surface area contributed by atoms with Gasteiger partial charge in [-0.1, -0.05) is 11.8 Å². The number of nitrogens with zero attached hydrogens (tertiary/aromatic N) is 3. The maximum Gasteiger partial charge on any atom is 0.224 e. The molecular formula is C21H27FN4OS. The van der Waals surface area contributed by atoms with E-state index in [9.17, 15) is 9.18 Å². The van der Waals surface area contributed by atoms with Crippen LogP contribution in [-0.4, -0.2) is 35.2 Å². The van der Waals surface area contributed by atoms with E-state index in [1.807, 2.05) is 20.1 Å². The standard InChI is InChI=1S/C21H27FN4OS/c1-14-17(15(2)24-21(23-14)28-3)8-10-20(27)25-18-13-16(22)7-9-19(18)26-11-5-4-6-12-26/h7,9,13H,4-6,8,10-12H2,1-3H3,(H,25,27). The van der Waals surface area contributed by atoms with Crippen molar-refractivity contribution >= 4 is 29.0 Å². The lowest BCUT2D eigenvalue weighted by Crippen LogP contribution is -2.30. The molecule has 2 heterocycles. The van der Waals surface area contributed by atoms with Crippen LogP contribution in [-0.2, 0) is 11.2 Å². The molecule has 1 aliphatic rings. The molecule has 1 N–H and O–H groups in total. The van der Waals surface area contributed by atoms with E-state index in [-0.39, 0.29) is 11.7 Å². The first-order chi connectivity index (χ1) is 13.5. The highest BCUT2D eigenvalue weighted by atomic mass is 32.2. The van der Waals surface area contributed by atoms with Gasteiger partial charge in [0, 0.05) is 30.9 Å². The molecule has 28 heavy (non-hydrogen) atoms. The maximum absolute atomic E-state index is 13.8. The second-order valence-corrected chi connectivity index (χ2v) is 7.89. The predicted octanol–water partition coefficient (Wildman–Crippen LogP) is 4.52. The summed E-state index contributed by atoms with van der Waals surface area (Å²) in [6.45, 7) is 5.77. The molecule has 0 bridgehead atoms. The molecule has 0 atom stereocenters. The molecule has 1 fully saturated rings. The summed E-state index contributed by atoms with van der Waals surface area (Å²) < 4.78 is 13.8. The molecule has 7 heteroatoms. The quantitative estimate of drug-likeness (QED) is 0.569. The van der Waals surface area contributed by atoms with E-state index in [0.29, 0.717) is 18.5 Å². The molecular weight excluding hydrogens is 375 g/mol. The number of amides is 1. The SMILES string of the molecule is CSc1nc(C)c(CCC(=O)Nc2cc(F)ccc2N2CCCCC2)c(C)n1. The zero-order valence-electron chi connectivity index (χ0n) is 16.7. The van der Waals surface area contributed by atoms with Crippen molar-refractivity contribution in [2.24, 2.45) is 0 Å². The lowest BCUT2D eigenvalue weighted by atomic mass is 10.1. The Balaban J connectivity index is 1.69. The molecule has 1 saturated heterocycles. The molecule has 3 rings (SSSR count). The number of rotatable bonds is 6. The van der Waals surface area contributed by atoms with Crippen molar-refractivity contribution in [1.29, 1.82) is 0 Å². The summed E-state index contributed by atoms with van der Waals surface area (Å²) in [7, 11) is 0. The number of aromatic nitrogens is 2. The minimum atomic E-state index is -0.344. The third kappa shape index (κ3) is 5.01. The van der Waals surface area contributed by atoms with Gasteiger partial charge in [-0.25, -0.2) is 14.4 Å². The van der Waals surface area contributed by atoms with Crippen LogP contribution in [0.25, 0.3) is 0 Å². The Bertz CT molecular complexity index is 829. The number of nitrogens with one attached hydrogen (secondary N) is 1. The third-order valence-corrected chi connectivity index (χ3v) is 5.66. The van der Waals surface area contributed by atoms with E-state index in [2.05, 4.69) is 20.2 Å². The van der Waals surface area contributed by atoms with Gasteiger partial charge in [-0.2, -0.15) is 0 Å². The average molecular weight is 403 g/mol. The summed E-state index contributed by atoms with van der Waals surface area (Å²) in [6.07, 6.45) is 6.27. The molecule has 0 unspecified atom stereocenters. The largest absolute Gasteiger partial charge is 0.370 e. The van der Waals surface area contributed by atoms with Crippen molar-refractivity contribution in [3.63, 3.8) is 0 Å². The molecule has 1 amide bonds. The first kappa shape index (κ1) is 20.6. The van der Waals surface area contributed by atoms with Crippen LogP contribution in [0.4, 0.5) is 15.8 Å². The smallest absolute Gasteiger partial charge is 0.224 e. The van der Waals surface area contributed by atoms with Gasteiger partial charge in [-0.05, 0) is 69.5 Å². The number of hydrogen-bond acceptors (Lipinski definition) is 5. The van der Waals surface area contributed by atoms with Crippen LogP contribution in [0, 0.1) is 19.7 Å². The van der Waals surface area contributed by atoms with Crippen molar-refractivity contribution in [3.05, 3.63) is 41.0 Å². The van der Waals surface area contributed by atoms with Crippen LogP contribution in [0.1, 0.15) is 42.6 Å². The average Bonchev–Trinajstić information content (AvgIpc) is 2.68. The van der Waals surface area contributed by atoms with Gasteiger partial charge < -0.3 is 10.2 Å². The highest BCUT2D eigenvalue weighted by molar-refractivity contribution is 7.98. The fraction of sp³-hybridized carbons (Fsp3) is 0.476. The topological polar surface area (TPSA) is 58.1 Å². The monoisotopic (exact) mass is 402 g/mol. The van der Waals surface area contributed by atoms with Gasteiger partial charge in [-0.15, -0.1) is 0 Å². The molecule has 1 aromatic heterocycles. The summed E-state index contributed by atoms with van der Waals surface area (Å²) in [5, 5.41) is 3.66. The fourth-order valence-corrected chi connectivity index (χ4v) is 4.09. The number of anilines is 2. The molecule has 1 aromatic carbocycles. The van der Waals surface area contributed by atoms with E-state index >= 15 is 0 Å². The molecule has 0 spiro atoms. The van der Waals surface area contributed by atoms with Gasteiger partial charge in [-0.3, -0.25) is 4.79 Å². The number of piperidine rings is 1. The Kier molecular flexibility index (Phi) is 6.88. The molecule has 0 radical (unpaired) electrons. The summed E-state index contributed by atoms with van der Waals surface area (Å²) >= 11 is 1.51. The molecule has 5 nitrogen and oxygen atoms in total. The zero-order chi connectivity index (χ0) is 20.1. The normalized spacial score (nSPS) is 14.2. The fourth-order valence-electron chi connectivity index (χ4n) is 3.63. The van der Waals surface area contributed by atoms with Gasteiger partial charge >= 0.3 is 0 Å². The molecule has 150 valence electrons. The van der Waals surface area contributed by atoms with E-state index in [1.165, 1.54) is 30.3 Å². The van der Waals surface area contributed by atoms with Crippen LogP contribution < -0.4 is 10.2 Å². The Hall–Kier alpha value is -2.15. The Morgan fingerprint density at radius 3 is 2.50 bits per heavy atom. The summed E-state index contributed by atoms with van der Waals surface area (Å²) in [5.74, 6) is -0.472. The number of thioether (sulfide) groups is 1. The van der Waals surface area contributed by atoms with Crippen molar-refractivity contribution in [1.82, 2.24) is 9.97 Å². The van der Waals surface area contributed by atoms with Crippen LogP contribution in [0.3, 0.4) is 0 Å². The molecule has 0 aliphatic carbocycles. The predicted molar refractivity (Wildman–Crippen MR) is 113 cm³/mol. The molecule has 2 aromatic rings. The van der Waals surface area contributed by atoms with Gasteiger partial charge in [0.2, 0.25) is 5.91 Å². The first-order valence-electron chi connectivity index (χ1n) is 9.70. The van der Waals surface area contributed by atoms with Crippen LogP contribution in [0.2, 0.25) is 0 Å². The third-order valence-electron chi connectivity index (χ3n) is 5.11. The van der Waals surface area contributed by atoms with Crippen molar-refractivity contribution in [2.75, 3.05) is 29.6 Å². The van der Waals surface area contributed by atoms with Gasteiger partial charge in [0.1, 0.15) is 5.82 Å².